The van der Waals surface area contributed by atoms with Gasteiger partial charge < -0.3 is 10.1 Å². The standard InChI is InChI=1S/C19H16ClNO2S/c20-17-9-5-4-6-15(17)11-21-19(22)18-10-14(13-24-18)12-23-16-7-2-1-3-8-16/h1-10,13H,11-12H2,(H,21,22). The number of carbonyl (C=O) groups is 1. The van der Waals surface area contributed by atoms with Crippen LogP contribution in [-0.2, 0) is 13.2 Å². The van der Waals surface area contributed by atoms with Crippen molar-refractivity contribution in [3.05, 3.63) is 87.1 Å². The van der Waals surface area contributed by atoms with Crippen molar-refractivity contribution in [2.24, 2.45) is 0 Å². The smallest absolute Gasteiger partial charge is 0.261 e. The lowest BCUT2D eigenvalue weighted by atomic mass is 10.2. The first kappa shape index (κ1) is 16.6. The minimum atomic E-state index is -0.106. The number of para-hydroxylation sites is 1. The number of thiophene rings is 1. The third-order valence-electron chi connectivity index (χ3n) is 3.42. The van der Waals surface area contributed by atoms with Gasteiger partial charge in [-0.2, -0.15) is 0 Å². The lowest BCUT2D eigenvalue weighted by Gasteiger charge is -2.05. The lowest BCUT2D eigenvalue weighted by Crippen LogP contribution is -2.21. The van der Waals surface area contributed by atoms with E-state index in [4.69, 9.17) is 16.3 Å². The fourth-order valence-corrected chi connectivity index (χ4v) is 3.17. The van der Waals surface area contributed by atoms with Crippen LogP contribution in [0, 0.1) is 0 Å². The number of halogens is 1. The summed E-state index contributed by atoms with van der Waals surface area (Å²) >= 11 is 7.50. The second kappa shape index (κ2) is 7.99. The van der Waals surface area contributed by atoms with Crippen molar-refractivity contribution in [3.63, 3.8) is 0 Å². The molecular weight excluding hydrogens is 342 g/mol. The maximum absolute atomic E-state index is 12.2. The highest BCUT2D eigenvalue weighted by molar-refractivity contribution is 7.12. The zero-order chi connectivity index (χ0) is 16.8. The van der Waals surface area contributed by atoms with Gasteiger partial charge in [0.15, 0.2) is 0 Å². The van der Waals surface area contributed by atoms with Crippen LogP contribution in [0.1, 0.15) is 20.8 Å². The Kier molecular flexibility index (Phi) is 5.51. The van der Waals surface area contributed by atoms with Crippen molar-refractivity contribution in [2.45, 2.75) is 13.2 Å². The highest BCUT2D eigenvalue weighted by Gasteiger charge is 2.10. The van der Waals surface area contributed by atoms with Gasteiger partial charge in [-0.1, -0.05) is 48.0 Å². The monoisotopic (exact) mass is 357 g/mol. The molecule has 0 unspecified atom stereocenters. The van der Waals surface area contributed by atoms with Crippen LogP contribution in [0.4, 0.5) is 0 Å². The molecule has 5 heteroatoms. The van der Waals surface area contributed by atoms with E-state index in [1.165, 1.54) is 11.3 Å². The third kappa shape index (κ3) is 4.37. The molecule has 3 nitrogen and oxygen atoms in total. The number of hydrogen-bond acceptors (Lipinski definition) is 3. The van der Waals surface area contributed by atoms with Crippen LogP contribution in [-0.4, -0.2) is 5.91 Å². The summed E-state index contributed by atoms with van der Waals surface area (Å²) in [6.07, 6.45) is 0. The van der Waals surface area contributed by atoms with E-state index in [0.717, 1.165) is 16.9 Å². The second-order valence-electron chi connectivity index (χ2n) is 5.20. The summed E-state index contributed by atoms with van der Waals surface area (Å²) in [5.41, 5.74) is 1.88. The van der Waals surface area contributed by atoms with Gasteiger partial charge >= 0.3 is 0 Å². The molecule has 1 amide bonds. The first-order valence-electron chi connectivity index (χ1n) is 7.49. The minimum absolute atomic E-state index is 0.106. The van der Waals surface area contributed by atoms with E-state index in [-0.39, 0.29) is 5.91 Å². The van der Waals surface area contributed by atoms with Crippen molar-refractivity contribution in [1.29, 1.82) is 0 Å². The molecule has 0 saturated heterocycles. The summed E-state index contributed by atoms with van der Waals surface area (Å²) in [5, 5.41) is 5.48. The molecular formula is C19H16ClNO2S. The third-order valence-corrected chi connectivity index (χ3v) is 4.77. The average molecular weight is 358 g/mol. The molecule has 3 aromatic rings. The molecule has 0 aliphatic heterocycles. The molecule has 1 aromatic heterocycles. The Morgan fingerprint density at radius 1 is 1.08 bits per heavy atom. The first-order chi connectivity index (χ1) is 11.7. The van der Waals surface area contributed by atoms with Gasteiger partial charge in [0.05, 0.1) is 4.88 Å². The van der Waals surface area contributed by atoms with Gasteiger partial charge in [-0.25, -0.2) is 0 Å². The average Bonchev–Trinajstić information content (AvgIpc) is 3.09. The number of benzene rings is 2. The number of amides is 1. The highest BCUT2D eigenvalue weighted by atomic mass is 35.5. The Labute approximate surface area is 149 Å². The summed E-state index contributed by atoms with van der Waals surface area (Å²) in [5.74, 6) is 0.708. The fraction of sp³-hybridized carbons (Fsp3) is 0.105. The number of rotatable bonds is 6. The Balaban J connectivity index is 1.55. The Bertz CT molecular complexity index is 817. The molecule has 0 bridgehead atoms. The van der Waals surface area contributed by atoms with Crippen molar-refractivity contribution >= 4 is 28.8 Å². The van der Waals surface area contributed by atoms with E-state index in [9.17, 15) is 4.79 Å². The summed E-state index contributed by atoms with van der Waals surface area (Å²) in [7, 11) is 0. The fourth-order valence-electron chi connectivity index (χ4n) is 2.16. The highest BCUT2D eigenvalue weighted by Crippen LogP contribution is 2.19. The zero-order valence-corrected chi connectivity index (χ0v) is 14.4. The predicted molar refractivity (Wildman–Crippen MR) is 97.7 cm³/mol. The molecule has 0 spiro atoms. The SMILES string of the molecule is O=C(NCc1ccccc1Cl)c1cc(COc2ccccc2)cs1. The number of nitrogens with one attached hydrogen (secondary N) is 1. The Morgan fingerprint density at radius 2 is 1.83 bits per heavy atom. The van der Waals surface area contributed by atoms with E-state index < -0.39 is 0 Å². The maximum Gasteiger partial charge on any atom is 0.261 e. The van der Waals surface area contributed by atoms with E-state index in [2.05, 4.69) is 5.32 Å². The van der Waals surface area contributed by atoms with Gasteiger partial charge in [0.2, 0.25) is 0 Å². The molecule has 0 aliphatic carbocycles. The van der Waals surface area contributed by atoms with Gasteiger partial charge in [0, 0.05) is 17.1 Å². The van der Waals surface area contributed by atoms with Crippen LogP contribution in [0.5, 0.6) is 5.75 Å². The maximum atomic E-state index is 12.2. The van der Waals surface area contributed by atoms with Crippen LogP contribution in [0.2, 0.25) is 5.02 Å². The summed E-state index contributed by atoms with van der Waals surface area (Å²) in [6, 6.07) is 18.9. The second-order valence-corrected chi connectivity index (χ2v) is 6.51. The Morgan fingerprint density at radius 3 is 2.62 bits per heavy atom. The molecule has 0 atom stereocenters. The largest absolute Gasteiger partial charge is 0.489 e. The molecule has 1 heterocycles. The van der Waals surface area contributed by atoms with Crippen LogP contribution in [0.3, 0.4) is 0 Å². The molecule has 0 radical (unpaired) electrons. The summed E-state index contributed by atoms with van der Waals surface area (Å²) in [4.78, 5) is 12.9. The molecule has 1 N–H and O–H groups in total. The van der Waals surface area contributed by atoms with Gasteiger partial charge in [-0.3, -0.25) is 4.79 Å². The van der Waals surface area contributed by atoms with Gasteiger partial charge in [0.1, 0.15) is 12.4 Å². The number of hydrogen-bond donors (Lipinski definition) is 1. The predicted octanol–water partition coefficient (Wildman–Crippen LogP) is 4.91. The van der Waals surface area contributed by atoms with Crippen LogP contribution < -0.4 is 10.1 Å². The molecule has 0 saturated carbocycles. The van der Waals surface area contributed by atoms with Crippen molar-refractivity contribution in [1.82, 2.24) is 5.32 Å². The van der Waals surface area contributed by atoms with Crippen molar-refractivity contribution in [3.8, 4) is 5.75 Å². The van der Waals surface area contributed by atoms with Gasteiger partial charge in [0.25, 0.3) is 5.91 Å². The molecule has 3 rings (SSSR count). The van der Waals surface area contributed by atoms with Crippen LogP contribution in [0.15, 0.2) is 66.0 Å². The van der Waals surface area contributed by atoms with Gasteiger partial charge in [-0.15, -0.1) is 11.3 Å². The molecule has 0 fully saturated rings. The number of ether oxygens (including phenoxy) is 1. The molecule has 24 heavy (non-hydrogen) atoms. The molecule has 0 aliphatic rings. The van der Waals surface area contributed by atoms with E-state index >= 15 is 0 Å². The zero-order valence-electron chi connectivity index (χ0n) is 12.9. The molecule has 2 aromatic carbocycles. The quantitative estimate of drug-likeness (QED) is 0.680. The summed E-state index contributed by atoms with van der Waals surface area (Å²) < 4.78 is 5.69. The van der Waals surface area contributed by atoms with Gasteiger partial charge in [-0.05, 0) is 35.2 Å². The van der Waals surface area contributed by atoms with Crippen LogP contribution in [0.25, 0.3) is 0 Å². The minimum Gasteiger partial charge on any atom is -0.489 e. The van der Waals surface area contributed by atoms with E-state index in [0.29, 0.717) is 23.1 Å². The van der Waals surface area contributed by atoms with Crippen molar-refractivity contribution in [2.75, 3.05) is 0 Å². The Hall–Kier alpha value is -2.30. The molecule has 122 valence electrons. The van der Waals surface area contributed by atoms with Crippen molar-refractivity contribution < 1.29 is 9.53 Å². The van der Waals surface area contributed by atoms with Crippen LogP contribution >= 0.6 is 22.9 Å². The first-order valence-corrected chi connectivity index (χ1v) is 8.75. The normalized spacial score (nSPS) is 10.4. The number of carbonyl (C=O) groups excluding carboxylic acids is 1. The summed E-state index contributed by atoms with van der Waals surface area (Å²) in [6.45, 7) is 0.852. The lowest BCUT2D eigenvalue weighted by molar-refractivity contribution is 0.0955. The van der Waals surface area contributed by atoms with E-state index in [1.807, 2.05) is 66.0 Å². The van der Waals surface area contributed by atoms with E-state index in [1.54, 1.807) is 0 Å². The topological polar surface area (TPSA) is 38.3 Å².